The number of hydrogen-bond acceptors (Lipinski definition) is 1. The molecule has 10 aromatic carbocycles. The van der Waals surface area contributed by atoms with Crippen LogP contribution in [0, 0.1) is 0 Å². The maximum atomic E-state index is 6.55. The maximum Gasteiger partial charge on any atom is 0.136 e. The van der Waals surface area contributed by atoms with Gasteiger partial charge in [-0.25, -0.2) is 0 Å². The minimum Gasteiger partial charge on any atom is -0.456 e. The van der Waals surface area contributed by atoms with Crippen LogP contribution in [-0.2, 0) is 0 Å². The van der Waals surface area contributed by atoms with Crippen molar-refractivity contribution < 1.29 is 4.74 Å². The lowest BCUT2D eigenvalue weighted by Gasteiger charge is -2.23. The van der Waals surface area contributed by atoms with Crippen molar-refractivity contribution in [3.8, 4) is 44.9 Å². The Bertz CT molecular complexity index is 2990. The fraction of sp³-hybridized carbons (Fsp3) is 0. The fourth-order valence-electron chi connectivity index (χ4n) is 8.25. The third-order valence-electron chi connectivity index (χ3n) is 10.6. The second kappa shape index (κ2) is 10.0. The highest BCUT2D eigenvalue weighted by molar-refractivity contribution is 6.25. The predicted molar refractivity (Wildman–Crippen MR) is 208 cm³/mol. The van der Waals surface area contributed by atoms with Crippen molar-refractivity contribution in [1.82, 2.24) is 0 Å². The summed E-state index contributed by atoms with van der Waals surface area (Å²) in [6.07, 6.45) is 0. The summed E-state index contributed by atoms with van der Waals surface area (Å²) in [6.45, 7) is 0. The second-order valence-electron chi connectivity index (χ2n) is 13.3. The fourth-order valence-corrected chi connectivity index (χ4v) is 8.25. The van der Waals surface area contributed by atoms with E-state index in [0.717, 1.165) is 17.1 Å². The molecule has 1 heteroatoms. The van der Waals surface area contributed by atoms with Crippen LogP contribution in [0.3, 0.4) is 0 Å². The summed E-state index contributed by atoms with van der Waals surface area (Å²) in [7, 11) is 0. The summed E-state index contributed by atoms with van der Waals surface area (Å²) < 4.78 is 6.55. The number of hydrogen-bond donors (Lipinski definition) is 0. The molecule has 0 atom stereocenters. The van der Waals surface area contributed by atoms with E-state index >= 15 is 0 Å². The van der Waals surface area contributed by atoms with Gasteiger partial charge in [-0.2, -0.15) is 0 Å². The van der Waals surface area contributed by atoms with Crippen LogP contribution in [-0.4, -0.2) is 0 Å². The zero-order valence-electron chi connectivity index (χ0n) is 26.6. The summed E-state index contributed by atoms with van der Waals surface area (Å²) in [5.41, 5.74) is 7.20. The van der Waals surface area contributed by atoms with Crippen molar-refractivity contribution in [3.63, 3.8) is 0 Å². The third-order valence-corrected chi connectivity index (χ3v) is 10.6. The smallest absolute Gasteiger partial charge is 0.136 e. The van der Waals surface area contributed by atoms with Gasteiger partial charge < -0.3 is 4.74 Å². The highest BCUT2D eigenvalue weighted by atomic mass is 16.5. The van der Waals surface area contributed by atoms with Crippen molar-refractivity contribution in [2.45, 2.75) is 0 Å². The van der Waals surface area contributed by atoms with Crippen LogP contribution in [0.5, 0.6) is 11.5 Å². The first kappa shape index (κ1) is 26.6. The standard InChI is InChI=1S/C48H28O/c1-2-9-36-35(8-1)28-47-48-42(36)14-7-15-43(48)45-27-34(21-23-46(45)49-47)32-19-17-29-24-31(18-16-30(29)25-32)33-20-22-41-39-12-4-3-10-37(39)38-11-5-6-13-40(38)44(41)26-33/h1-28H. The molecule has 0 saturated heterocycles. The highest BCUT2D eigenvalue weighted by Crippen LogP contribution is 2.49. The second-order valence-corrected chi connectivity index (χ2v) is 13.3. The van der Waals surface area contributed by atoms with Crippen LogP contribution in [0.1, 0.15) is 0 Å². The highest BCUT2D eigenvalue weighted by Gasteiger charge is 2.22. The van der Waals surface area contributed by atoms with Gasteiger partial charge in [-0.1, -0.05) is 133 Å². The molecule has 11 rings (SSSR count). The molecule has 1 aliphatic heterocycles. The van der Waals surface area contributed by atoms with E-state index in [1.807, 2.05) is 0 Å². The van der Waals surface area contributed by atoms with E-state index in [4.69, 9.17) is 4.74 Å². The Balaban J connectivity index is 0.999. The molecule has 0 saturated carbocycles. The number of ether oxygens (including phenoxy) is 1. The molecule has 1 heterocycles. The minimum atomic E-state index is 0.903. The zero-order valence-corrected chi connectivity index (χ0v) is 26.6. The molecular formula is C48H28O. The predicted octanol–water partition coefficient (Wildman–Crippen LogP) is 13.7. The quantitative estimate of drug-likeness (QED) is 0.175. The number of benzene rings is 10. The summed E-state index contributed by atoms with van der Waals surface area (Å²) in [4.78, 5) is 0. The molecule has 1 aliphatic rings. The van der Waals surface area contributed by atoms with Gasteiger partial charge in [-0.3, -0.25) is 0 Å². The molecule has 1 nitrogen and oxygen atoms in total. The minimum absolute atomic E-state index is 0.903. The van der Waals surface area contributed by atoms with Gasteiger partial charge in [0.2, 0.25) is 0 Å². The van der Waals surface area contributed by atoms with E-state index in [1.54, 1.807) is 0 Å². The SMILES string of the molecule is c1ccc2c(c1)cc1c3c(cccc32)-c2cc(-c3ccc4cc(-c5ccc6c7ccccc7c7ccccc7c6c5)ccc4c3)ccc2O1. The van der Waals surface area contributed by atoms with Crippen LogP contribution in [0.15, 0.2) is 170 Å². The van der Waals surface area contributed by atoms with Crippen molar-refractivity contribution in [1.29, 1.82) is 0 Å². The van der Waals surface area contributed by atoms with Crippen LogP contribution in [0.25, 0.3) is 98.0 Å². The molecule has 0 N–H and O–H groups in total. The van der Waals surface area contributed by atoms with Crippen LogP contribution in [0.4, 0.5) is 0 Å². The molecule has 49 heavy (non-hydrogen) atoms. The molecule has 10 aromatic rings. The lowest BCUT2D eigenvalue weighted by molar-refractivity contribution is 0.488. The average Bonchev–Trinajstić information content (AvgIpc) is 3.17. The Labute approximate surface area is 283 Å². The van der Waals surface area contributed by atoms with Gasteiger partial charge in [0.15, 0.2) is 0 Å². The Morgan fingerprint density at radius 2 is 0.796 bits per heavy atom. The van der Waals surface area contributed by atoms with Gasteiger partial charge in [-0.05, 0) is 123 Å². The lowest BCUT2D eigenvalue weighted by atomic mass is 9.89. The number of rotatable bonds is 2. The van der Waals surface area contributed by atoms with Crippen molar-refractivity contribution in [3.05, 3.63) is 170 Å². The summed E-state index contributed by atoms with van der Waals surface area (Å²) >= 11 is 0. The van der Waals surface area contributed by atoms with Gasteiger partial charge in [0, 0.05) is 10.9 Å². The largest absolute Gasteiger partial charge is 0.456 e. The van der Waals surface area contributed by atoms with Crippen LogP contribution in [0.2, 0.25) is 0 Å². The molecule has 0 unspecified atom stereocenters. The Morgan fingerprint density at radius 3 is 1.51 bits per heavy atom. The molecule has 0 spiro atoms. The topological polar surface area (TPSA) is 9.23 Å². The number of fused-ring (bicyclic) bond motifs is 11. The first-order valence-corrected chi connectivity index (χ1v) is 16.9. The Morgan fingerprint density at radius 1 is 0.265 bits per heavy atom. The van der Waals surface area contributed by atoms with Gasteiger partial charge in [-0.15, -0.1) is 0 Å². The van der Waals surface area contributed by atoms with E-state index in [0.29, 0.717) is 0 Å². The van der Waals surface area contributed by atoms with Gasteiger partial charge >= 0.3 is 0 Å². The maximum absolute atomic E-state index is 6.55. The van der Waals surface area contributed by atoms with Gasteiger partial charge in [0.05, 0.1) is 0 Å². The summed E-state index contributed by atoms with van der Waals surface area (Å²) in [5.74, 6) is 1.83. The van der Waals surface area contributed by atoms with E-state index in [9.17, 15) is 0 Å². The Kier molecular flexibility index (Phi) is 5.45. The van der Waals surface area contributed by atoms with Crippen molar-refractivity contribution >= 4 is 64.6 Å². The molecule has 0 radical (unpaired) electrons. The van der Waals surface area contributed by atoms with E-state index < -0.39 is 0 Å². The normalized spacial score (nSPS) is 12.2. The van der Waals surface area contributed by atoms with Gasteiger partial charge in [0.25, 0.3) is 0 Å². The third kappa shape index (κ3) is 3.94. The lowest BCUT2D eigenvalue weighted by Crippen LogP contribution is -1.98. The van der Waals surface area contributed by atoms with E-state index in [1.165, 1.54) is 92.5 Å². The molecule has 0 bridgehead atoms. The first-order valence-electron chi connectivity index (χ1n) is 16.9. The van der Waals surface area contributed by atoms with Crippen molar-refractivity contribution in [2.24, 2.45) is 0 Å². The first-order chi connectivity index (χ1) is 24.3. The molecular weight excluding hydrogens is 593 g/mol. The van der Waals surface area contributed by atoms with E-state index in [2.05, 4.69) is 170 Å². The summed E-state index contributed by atoms with van der Waals surface area (Å²) in [5, 5.41) is 15.1. The Hall–Kier alpha value is -6.44. The van der Waals surface area contributed by atoms with E-state index in [-0.39, 0.29) is 0 Å². The molecule has 0 amide bonds. The molecule has 0 aliphatic carbocycles. The molecule has 0 aromatic heterocycles. The van der Waals surface area contributed by atoms with Crippen LogP contribution >= 0.6 is 0 Å². The molecule has 226 valence electrons. The van der Waals surface area contributed by atoms with Gasteiger partial charge in [0.1, 0.15) is 11.5 Å². The van der Waals surface area contributed by atoms with Crippen molar-refractivity contribution in [2.75, 3.05) is 0 Å². The monoisotopic (exact) mass is 620 g/mol. The zero-order chi connectivity index (χ0) is 32.1. The summed E-state index contributed by atoms with van der Waals surface area (Å²) in [6, 6.07) is 62.1. The van der Waals surface area contributed by atoms with Crippen LogP contribution < -0.4 is 4.74 Å². The molecule has 0 fully saturated rings. The average molecular weight is 621 g/mol.